The number of hydrogen-bond acceptors (Lipinski definition) is 4. The second kappa shape index (κ2) is 6.92. The number of carboxylic acid groups (broad SMARTS) is 1. The van der Waals surface area contributed by atoms with Crippen molar-refractivity contribution in [2.24, 2.45) is 0 Å². The fourth-order valence-corrected chi connectivity index (χ4v) is 2.18. The lowest BCUT2D eigenvalue weighted by atomic mass is 9.92. The molecule has 0 aliphatic rings. The summed E-state index contributed by atoms with van der Waals surface area (Å²) >= 11 is 0. The number of carbonyl (C=O) groups is 2. The van der Waals surface area contributed by atoms with Gasteiger partial charge in [-0.15, -0.1) is 0 Å². The Morgan fingerprint density at radius 2 is 2.00 bits per heavy atom. The van der Waals surface area contributed by atoms with Crippen LogP contribution in [-0.4, -0.2) is 34.3 Å². The van der Waals surface area contributed by atoms with Crippen LogP contribution in [0.5, 0.6) is 5.75 Å². The summed E-state index contributed by atoms with van der Waals surface area (Å²) in [5.41, 5.74) is 0.646. The molecule has 0 radical (unpaired) electrons. The molecule has 1 heterocycles. The van der Waals surface area contributed by atoms with Gasteiger partial charge in [0.05, 0.1) is 7.11 Å². The molecule has 0 spiro atoms. The highest BCUT2D eigenvalue weighted by Crippen LogP contribution is 2.23. The maximum atomic E-state index is 13.8. The quantitative estimate of drug-likeness (QED) is 0.769. The van der Waals surface area contributed by atoms with E-state index in [0.717, 1.165) is 11.8 Å². The molecule has 0 fully saturated rings. The van der Waals surface area contributed by atoms with E-state index >= 15 is 0 Å². The molecule has 1 unspecified atom stereocenters. The van der Waals surface area contributed by atoms with Crippen molar-refractivity contribution in [1.29, 1.82) is 0 Å². The van der Waals surface area contributed by atoms with E-state index in [-0.39, 0.29) is 22.4 Å². The summed E-state index contributed by atoms with van der Waals surface area (Å²) in [7, 11) is 1.30. The van der Waals surface area contributed by atoms with Crippen molar-refractivity contribution in [1.82, 2.24) is 15.5 Å². The van der Waals surface area contributed by atoms with Gasteiger partial charge in [-0.1, -0.05) is 26.8 Å². The number of methoxy groups -OCH3 is 1. The number of nitrogens with one attached hydrogen (secondary N) is 2. The van der Waals surface area contributed by atoms with Crippen LogP contribution in [0.25, 0.3) is 0 Å². The Bertz CT molecular complexity index is 795. The van der Waals surface area contributed by atoms with Gasteiger partial charge in [-0.05, 0) is 23.8 Å². The van der Waals surface area contributed by atoms with E-state index in [1.165, 1.54) is 19.2 Å². The molecule has 25 heavy (non-hydrogen) atoms. The number of benzene rings is 1. The molecule has 1 aromatic carbocycles. The third-order valence-corrected chi connectivity index (χ3v) is 3.65. The van der Waals surface area contributed by atoms with Gasteiger partial charge in [0.15, 0.2) is 17.6 Å². The number of hydrogen-bond donors (Lipinski definition) is 3. The molecule has 1 atom stereocenters. The molecule has 0 aliphatic carbocycles. The van der Waals surface area contributed by atoms with Crippen LogP contribution in [0.1, 0.15) is 48.6 Å². The van der Waals surface area contributed by atoms with Crippen molar-refractivity contribution < 1.29 is 23.8 Å². The number of aromatic nitrogens is 2. The van der Waals surface area contributed by atoms with Crippen molar-refractivity contribution in [3.63, 3.8) is 0 Å². The van der Waals surface area contributed by atoms with Gasteiger partial charge in [-0.25, -0.2) is 9.18 Å². The first-order valence-electron chi connectivity index (χ1n) is 7.56. The maximum Gasteiger partial charge on any atom is 0.330 e. The topological polar surface area (TPSA) is 104 Å². The third kappa shape index (κ3) is 4.14. The highest BCUT2D eigenvalue weighted by molar-refractivity contribution is 5.95. The second-order valence-corrected chi connectivity index (χ2v) is 6.56. The summed E-state index contributed by atoms with van der Waals surface area (Å²) in [5, 5.41) is 18.4. The molecule has 0 saturated carbocycles. The number of ether oxygens (including phenoxy) is 1. The smallest absolute Gasteiger partial charge is 0.330 e. The molecule has 0 saturated heterocycles. The molecule has 8 heteroatoms. The molecule has 1 aromatic heterocycles. The van der Waals surface area contributed by atoms with E-state index in [1.807, 2.05) is 20.8 Å². The molecule has 1 amide bonds. The monoisotopic (exact) mass is 349 g/mol. The van der Waals surface area contributed by atoms with Gasteiger partial charge in [0.1, 0.15) is 5.69 Å². The zero-order chi connectivity index (χ0) is 18.8. The lowest BCUT2D eigenvalue weighted by Crippen LogP contribution is -2.34. The van der Waals surface area contributed by atoms with Crippen LogP contribution in [0.4, 0.5) is 4.39 Å². The van der Waals surface area contributed by atoms with Crippen LogP contribution in [0.15, 0.2) is 24.3 Å². The number of nitrogens with zero attached hydrogens (tertiary/aromatic N) is 1. The molecular formula is C17H20FN3O4. The summed E-state index contributed by atoms with van der Waals surface area (Å²) in [6.45, 7) is 5.84. The van der Waals surface area contributed by atoms with Crippen LogP contribution in [0.2, 0.25) is 0 Å². The van der Waals surface area contributed by atoms with Gasteiger partial charge < -0.3 is 15.2 Å². The number of rotatable bonds is 5. The predicted molar refractivity (Wildman–Crippen MR) is 88.1 cm³/mol. The summed E-state index contributed by atoms with van der Waals surface area (Å²) in [6, 6.07) is 3.85. The van der Waals surface area contributed by atoms with E-state index in [4.69, 9.17) is 4.74 Å². The van der Waals surface area contributed by atoms with Gasteiger partial charge in [-0.2, -0.15) is 5.10 Å². The van der Waals surface area contributed by atoms with Crippen molar-refractivity contribution in [3.05, 3.63) is 47.0 Å². The van der Waals surface area contributed by atoms with Gasteiger partial charge in [0.25, 0.3) is 5.91 Å². The Morgan fingerprint density at radius 3 is 2.48 bits per heavy atom. The number of aliphatic carboxylic acids is 1. The van der Waals surface area contributed by atoms with Gasteiger partial charge in [0.2, 0.25) is 0 Å². The minimum Gasteiger partial charge on any atom is -0.494 e. The normalized spacial score (nSPS) is 12.5. The fraction of sp³-hybridized carbons (Fsp3) is 0.353. The van der Waals surface area contributed by atoms with Crippen LogP contribution >= 0.6 is 0 Å². The third-order valence-electron chi connectivity index (χ3n) is 3.65. The summed E-state index contributed by atoms with van der Waals surface area (Å²) in [5.74, 6) is -2.71. The van der Waals surface area contributed by atoms with E-state index in [1.54, 1.807) is 6.07 Å². The van der Waals surface area contributed by atoms with Gasteiger partial charge in [0, 0.05) is 11.1 Å². The lowest BCUT2D eigenvalue weighted by Gasteiger charge is -2.15. The Hall–Kier alpha value is -2.90. The lowest BCUT2D eigenvalue weighted by molar-refractivity contribution is -0.139. The highest BCUT2D eigenvalue weighted by Gasteiger charge is 2.26. The van der Waals surface area contributed by atoms with Crippen molar-refractivity contribution in [3.8, 4) is 5.75 Å². The number of H-pyrrole nitrogens is 1. The highest BCUT2D eigenvalue weighted by atomic mass is 19.1. The van der Waals surface area contributed by atoms with E-state index < -0.39 is 23.7 Å². The van der Waals surface area contributed by atoms with Crippen LogP contribution in [0.3, 0.4) is 0 Å². The van der Waals surface area contributed by atoms with Crippen LogP contribution in [0, 0.1) is 5.82 Å². The van der Waals surface area contributed by atoms with Crippen molar-refractivity contribution >= 4 is 11.9 Å². The predicted octanol–water partition coefficient (Wildman–Crippen LogP) is 2.41. The molecule has 134 valence electrons. The zero-order valence-corrected chi connectivity index (χ0v) is 14.4. The van der Waals surface area contributed by atoms with E-state index in [9.17, 15) is 19.1 Å². The second-order valence-electron chi connectivity index (χ2n) is 6.56. The first-order valence-corrected chi connectivity index (χ1v) is 7.56. The largest absolute Gasteiger partial charge is 0.494 e. The van der Waals surface area contributed by atoms with Gasteiger partial charge >= 0.3 is 5.97 Å². The van der Waals surface area contributed by atoms with E-state index in [2.05, 4.69) is 15.5 Å². The Morgan fingerprint density at radius 1 is 1.32 bits per heavy atom. The molecule has 0 aliphatic heterocycles. The number of halogens is 1. The Kier molecular flexibility index (Phi) is 5.10. The SMILES string of the molecule is COc1ccc(C(NC(=O)c2cc(C(C)(C)C)[nH]n2)C(=O)O)cc1F. The van der Waals surface area contributed by atoms with Gasteiger partial charge in [-0.3, -0.25) is 9.89 Å². The van der Waals surface area contributed by atoms with Crippen LogP contribution in [-0.2, 0) is 10.2 Å². The van der Waals surface area contributed by atoms with E-state index in [0.29, 0.717) is 0 Å². The molecular weight excluding hydrogens is 329 g/mol. The Balaban J connectivity index is 2.24. The minimum absolute atomic E-state index is 0.0127. The fourth-order valence-electron chi connectivity index (χ4n) is 2.18. The summed E-state index contributed by atoms with van der Waals surface area (Å²) in [6.07, 6.45) is 0. The number of carboxylic acids is 1. The summed E-state index contributed by atoms with van der Waals surface area (Å²) in [4.78, 5) is 23.8. The number of aromatic amines is 1. The van der Waals surface area contributed by atoms with Crippen LogP contribution < -0.4 is 10.1 Å². The molecule has 3 N–H and O–H groups in total. The molecule has 2 rings (SSSR count). The maximum absolute atomic E-state index is 13.8. The first kappa shape index (κ1) is 18.4. The minimum atomic E-state index is -1.41. The Labute approximate surface area is 144 Å². The molecule has 2 aromatic rings. The average Bonchev–Trinajstić information content (AvgIpc) is 3.02. The molecule has 7 nitrogen and oxygen atoms in total. The number of amides is 1. The first-order chi connectivity index (χ1) is 11.6. The summed E-state index contributed by atoms with van der Waals surface area (Å²) < 4.78 is 18.6. The van der Waals surface area contributed by atoms with Crippen molar-refractivity contribution in [2.75, 3.05) is 7.11 Å². The number of carbonyl (C=O) groups excluding carboxylic acids is 1. The zero-order valence-electron chi connectivity index (χ0n) is 14.4. The standard InChI is InChI=1S/C17H20FN3O4/c1-17(2,3)13-8-11(20-21-13)15(22)19-14(16(23)24)9-5-6-12(25-4)10(18)7-9/h5-8,14H,1-4H3,(H,19,22)(H,20,21)(H,23,24). The molecule has 0 bridgehead atoms. The van der Waals surface area contributed by atoms with Crippen molar-refractivity contribution in [2.45, 2.75) is 32.2 Å². The average molecular weight is 349 g/mol.